The van der Waals surface area contributed by atoms with Crippen molar-refractivity contribution < 1.29 is 4.79 Å². The first-order valence-electron chi connectivity index (χ1n) is 5.81. The Balaban J connectivity index is 2.71. The van der Waals surface area contributed by atoms with Gasteiger partial charge in [0.15, 0.2) is 0 Å². The molecule has 4 heteroatoms. The van der Waals surface area contributed by atoms with E-state index in [1.807, 2.05) is 50.2 Å². The third-order valence-electron chi connectivity index (χ3n) is 2.60. The monoisotopic (exact) mass is 235 g/mol. The first-order chi connectivity index (χ1) is 8.04. The highest BCUT2D eigenvalue weighted by Gasteiger charge is 2.10. The maximum absolute atomic E-state index is 11.8. The minimum Gasteiger partial charge on any atom is -0.376 e. The van der Waals surface area contributed by atoms with Crippen molar-refractivity contribution in [1.82, 2.24) is 0 Å². The van der Waals surface area contributed by atoms with E-state index in [2.05, 4.69) is 5.32 Å². The van der Waals surface area contributed by atoms with E-state index in [1.165, 1.54) is 0 Å². The van der Waals surface area contributed by atoms with Crippen LogP contribution in [0.15, 0.2) is 24.3 Å². The van der Waals surface area contributed by atoms with Gasteiger partial charge in [-0.15, -0.1) is 0 Å². The Labute approximate surface area is 103 Å². The third-order valence-corrected chi connectivity index (χ3v) is 2.60. The van der Waals surface area contributed by atoms with Crippen LogP contribution in [-0.2, 0) is 4.79 Å². The molecule has 0 saturated carbocycles. The van der Waals surface area contributed by atoms with Crippen molar-refractivity contribution >= 4 is 17.3 Å². The maximum Gasteiger partial charge on any atom is 0.224 e. The molecule has 0 bridgehead atoms. The van der Waals surface area contributed by atoms with Crippen LogP contribution in [0, 0.1) is 5.92 Å². The van der Waals surface area contributed by atoms with E-state index in [0.29, 0.717) is 13.0 Å². The van der Waals surface area contributed by atoms with Gasteiger partial charge < -0.3 is 16.0 Å². The Morgan fingerprint density at radius 2 is 2.06 bits per heavy atom. The smallest absolute Gasteiger partial charge is 0.224 e. The Morgan fingerprint density at radius 3 is 2.65 bits per heavy atom. The second kappa shape index (κ2) is 6.25. The van der Waals surface area contributed by atoms with E-state index in [9.17, 15) is 4.79 Å². The molecule has 1 atom stereocenters. The number of nitrogens with zero attached hydrogens (tertiary/aromatic N) is 1. The van der Waals surface area contributed by atoms with E-state index in [1.54, 1.807) is 0 Å². The lowest BCUT2D eigenvalue weighted by Gasteiger charge is -2.18. The van der Waals surface area contributed by atoms with Crippen molar-refractivity contribution in [1.29, 1.82) is 0 Å². The van der Waals surface area contributed by atoms with Gasteiger partial charge in [-0.25, -0.2) is 0 Å². The molecule has 0 heterocycles. The average Bonchev–Trinajstić information content (AvgIpc) is 2.29. The highest BCUT2D eigenvalue weighted by atomic mass is 16.1. The zero-order chi connectivity index (χ0) is 12.8. The molecule has 0 saturated heterocycles. The second-order valence-electron chi connectivity index (χ2n) is 4.50. The lowest BCUT2D eigenvalue weighted by molar-refractivity contribution is -0.116. The van der Waals surface area contributed by atoms with E-state index >= 15 is 0 Å². The molecule has 17 heavy (non-hydrogen) atoms. The van der Waals surface area contributed by atoms with Gasteiger partial charge in [-0.2, -0.15) is 0 Å². The van der Waals surface area contributed by atoms with E-state index in [0.717, 1.165) is 11.4 Å². The van der Waals surface area contributed by atoms with Crippen molar-refractivity contribution in [3.63, 3.8) is 0 Å². The summed E-state index contributed by atoms with van der Waals surface area (Å²) in [5, 5.41) is 2.92. The molecule has 1 unspecified atom stereocenters. The number of hydrogen-bond donors (Lipinski definition) is 2. The number of benzene rings is 1. The van der Waals surface area contributed by atoms with Crippen LogP contribution < -0.4 is 16.0 Å². The van der Waals surface area contributed by atoms with E-state index in [4.69, 9.17) is 5.73 Å². The van der Waals surface area contributed by atoms with Gasteiger partial charge in [-0.1, -0.05) is 19.1 Å². The predicted octanol–water partition coefficient (Wildman–Crippen LogP) is 1.68. The number of nitrogens with one attached hydrogen (secondary N) is 1. The summed E-state index contributed by atoms with van der Waals surface area (Å²) in [5.74, 6) is 0.221. The largest absolute Gasteiger partial charge is 0.376 e. The molecule has 0 fully saturated rings. The van der Waals surface area contributed by atoms with Gasteiger partial charge in [0.2, 0.25) is 5.91 Å². The van der Waals surface area contributed by atoms with Crippen molar-refractivity contribution in [3.8, 4) is 0 Å². The summed E-state index contributed by atoms with van der Waals surface area (Å²) in [4.78, 5) is 13.7. The molecule has 0 aliphatic heterocycles. The number of carbonyl (C=O) groups is 1. The number of anilines is 2. The first-order valence-corrected chi connectivity index (χ1v) is 5.81. The fraction of sp³-hybridized carbons (Fsp3) is 0.462. The summed E-state index contributed by atoms with van der Waals surface area (Å²) in [5.41, 5.74) is 7.34. The first kappa shape index (κ1) is 13.5. The van der Waals surface area contributed by atoms with Gasteiger partial charge in [-0.05, 0) is 24.6 Å². The number of nitrogens with two attached hydrogens (primary N) is 1. The number of rotatable bonds is 5. The zero-order valence-corrected chi connectivity index (χ0v) is 10.7. The van der Waals surface area contributed by atoms with E-state index < -0.39 is 0 Å². The summed E-state index contributed by atoms with van der Waals surface area (Å²) >= 11 is 0. The normalized spacial score (nSPS) is 12.0. The second-order valence-corrected chi connectivity index (χ2v) is 4.50. The molecule has 3 N–H and O–H groups in total. The Bertz CT molecular complexity index is 377. The van der Waals surface area contributed by atoms with Gasteiger partial charge in [0.25, 0.3) is 0 Å². The summed E-state index contributed by atoms with van der Waals surface area (Å²) in [7, 11) is 3.90. The molecular formula is C13H21N3O. The number of hydrogen-bond acceptors (Lipinski definition) is 3. The molecule has 1 aromatic carbocycles. The summed E-state index contributed by atoms with van der Waals surface area (Å²) in [6, 6.07) is 7.74. The van der Waals surface area contributed by atoms with Crippen LogP contribution in [0.5, 0.6) is 0 Å². The number of amides is 1. The Kier molecular flexibility index (Phi) is 4.97. The van der Waals surface area contributed by atoms with Gasteiger partial charge >= 0.3 is 0 Å². The summed E-state index contributed by atoms with van der Waals surface area (Å²) in [6.07, 6.45) is 0.457. The van der Waals surface area contributed by atoms with Crippen LogP contribution in [0.4, 0.5) is 11.4 Å². The topological polar surface area (TPSA) is 58.4 Å². The van der Waals surface area contributed by atoms with Crippen molar-refractivity contribution in [2.24, 2.45) is 11.7 Å². The highest BCUT2D eigenvalue weighted by molar-refractivity contribution is 5.94. The third kappa shape index (κ3) is 4.07. The van der Waals surface area contributed by atoms with E-state index in [-0.39, 0.29) is 11.8 Å². The standard InChI is InChI=1S/C13H21N3O/c1-10(9-14)8-13(17)15-11-6-4-5-7-12(11)16(2)3/h4-7,10H,8-9,14H2,1-3H3,(H,15,17). The van der Waals surface area contributed by atoms with Crippen LogP contribution >= 0.6 is 0 Å². The SMILES string of the molecule is CC(CN)CC(=O)Nc1ccccc1N(C)C. The molecular weight excluding hydrogens is 214 g/mol. The molecule has 0 aliphatic rings. The molecule has 1 aromatic rings. The van der Waals surface area contributed by atoms with Crippen LogP contribution in [0.3, 0.4) is 0 Å². The Hall–Kier alpha value is -1.55. The molecule has 1 rings (SSSR count). The molecule has 0 aliphatic carbocycles. The fourth-order valence-corrected chi connectivity index (χ4v) is 1.57. The fourth-order valence-electron chi connectivity index (χ4n) is 1.57. The van der Waals surface area contributed by atoms with Crippen molar-refractivity contribution in [2.75, 3.05) is 30.9 Å². The quantitative estimate of drug-likeness (QED) is 0.816. The lowest BCUT2D eigenvalue weighted by Crippen LogP contribution is -2.21. The molecule has 94 valence electrons. The molecule has 0 aromatic heterocycles. The zero-order valence-electron chi connectivity index (χ0n) is 10.7. The van der Waals surface area contributed by atoms with Gasteiger partial charge in [0.05, 0.1) is 11.4 Å². The number of carbonyl (C=O) groups excluding carboxylic acids is 1. The minimum atomic E-state index is 0.0113. The van der Waals surface area contributed by atoms with Crippen molar-refractivity contribution in [3.05, 3.63) is 24.3 Å². The lowest BCUT2D eigenvalue weighted by atomic mass is 10.1. The van der Waals surface area contributed by atoms with Crippen LogP contribution in [0.2, 0.25) is 0 Å². The summed E-state index contributed by atoms with van der Waals surface area (Å²) < 4.78 is 0. The Morgan fingerprint density at radius 1 is 1.41 bits per heavy atom. The minimum absolute atomic E-state index is 0.0113. The maximum atomic E-state index is 11.8. The molecule has 0 radical (unpaired) electrons. The number of para-hydroxylation sites is 2. The molecule has 4 nitrogen and oxygen atoms in total. The molecule has 1 amide bonds. The van der Waals surface area contributed by atoms with Crippen LogP contribution in [0.25, 0.3) is 0 Å². The predicted molar refractivity (Wildman–Crippen MR) is 72.2 cm³/mol. The van der Waals surface area contributed by atoms with Crippen LogP contribution in [0.1, 0.15) is 13.3 Å². The average molecular weight is 235 g/mol. The van der Waals surface area contributed by atoms with Gasteiger partial charge in [-0.3, -0.25) is 4.79 Å². The van der Waals surface area contributed by atoms with Gasteiger partial charge in [0.1, 0.15) is 0 Å². The summed E-state index contributed by atoms with van der Waals surface area (Å²) in [6.45, 7) is 2.50. The molecule has 0 spiro atoms. The van der Waals surface area contributed by atoms with Crippen LogP contribution in [-0.4, -0.2) is 26.5 Å². The van der Waals surface area contributed by atoms with Gasteiger partial charge in [0, 0.05) is 20.5 Å². The highest BCUT2D eigenvalue weighted by Crippen LogP contribution is 2.23. The van der Waals surface area contributed by atoms with Crippen molar-refractivity contribution in [2.45, 2.75) is 13.3 Å².